The first kappa shape index (κ1) is 15.6. The molecule has 3 fully saturated rings. The maximum absolute atomic E-state index is 12.6. The third kappa shape index (κ3) is 3.64. The fourth-order valence-corrected chi connectivity index (χ4v) is 3.18. The fourth-order valence-electron chi connectivity index (χ4n) is 3.18. The van der Waals surface area contributed by atoms with E-state index in [1.54, 1.807) is 0 Å². The van der Waals surface area contributed by atoms with Gasteiger partial charge in [-0.2, -0.15) is 0 Å². The zero-order valence-electron chi connectivity index (χ0n) is 11.8. The second-order valence-corrected chi connectivity index (χ2v) is 6.05. The summed E-state index contributed by atoms with van der Waals surface area (Å²) in [5.41, 5.74) is 0. The van der Waals surface area contributed by atoms with Crippen molar-refractivity contribution in [3.63, 3.8) is 0 Å². The highest BCUT2D eigenvalue weighted by atomic mass is 35.5. The first-order valence-electron chi connectivity index (χ1n) is 7.54. The SMILES string of the molecule is Cl.O=C1CC(C(=O)N(CC2CCCN2)C2CC2)CCN1. The lowest BCUT2D eigenvalue weighted by atomic mass is 9.95. The second-order valence-electron chi connectivity index (χ2n) is 6.05. The zero-order valence-corrected chi connectivity index (χ0v) is 12.6. The van der Waals surface area contributed by atoms with E-state index < -0.39 is 0 Å². The molecule has 0 aromatic carbocycles. The minimum Gasteiger partial charge on any atom is -0.356 e. The van der Waals surface area contributed by atoms with Crippen LogP contribution in [-0.2, 0) is 9.59 Å². The van der Waals surface area contributed by atoms with Gasteiger partial charge in [0.05, 0.1) is 0 Å². The van der Waals surface area contributed by atoms with Gasteiger partial charge in [-0.05, 0) is 38.6 Å². The Balaban J connectivity index is 0.00000147. The van der Waals surface area contributed by atoms with Crippen molar-refractivity contribution < 1.29 is 9.59 Å². The molecule has 0 spiro atoms. The number of nitrogens with one attached hydrogen (secondary N) is 2. The van der Waals surface area contributed by atoms with Crippen LogP contribution in [0.5, 0.6) is 0 Å². The van der Waals surface area contributed by atoms with Gasteiger partial charge < -0.3 is 15.5 Å². The number of hydrogen-bond acceptors (Lipinski definition) is 3. The topological polar surface area (TPSA) is 61.4 Å². The maximum atomic E-state index is 12.6. The molecule has 2 unspecified atom stereocenters. The quantitative estimate of drug-likeness (QED) is 0.803. The van der Waals surface area contributed by atoms with Gasteiger partial charge in [0.1, 0.15) is 0 Å². The molecular weight excluding hydrogens is 278 g/mol. The van der Waals surface area contributed by atoms with Crippen molar-refractivity contribution in [1.29, 1.82) is 0 Å². The standard InChI is InChI=1S/C14H23N3O2.ClH/c18-13-8-10(5-7-16-13)14(19)17(12-3-4-12)9-11-2-1-6-15-11;/h10-12,15H,1-9H2,(H,16,18);1H. The lowest BCUT2D eigenvalue weighted by Crippen LogP contribution is -2.47. The summed E-state index contributed by atoms with van der Waals surface area (Å²) in [6.45, 7) is 2.56. The molecule has 2 heterocycles. The fraction of sp³-hybridized carbons (Fsp3) is 0.857. The van der Waals surface area contributed by atoms with Crippen LogP contribution in [0.1, 0.15) is 38.5 Å². The number of piperidine rings is 1. The van der Waals surface area contributed by atoms with Gasteiger partial charge in [-0.3, -0.25) is 9.59 Å². The van der Waals surface area contributed by atoms with Crippen LogP contribution in [0, 0.1) is 5.92 Å². The van der Waals surface area contributed by atoms with Gasteiger partial charge in [0.15, 0.2) is 0 Å². The molecule has 5 nitrogen and oxygen atoms in total. The van der Waals surface area contributed by atoms with E-state index in [4.69, 9.17) is 0 Å². The van der Waals surface area contributed by atoms with Crippen molar-refractivity contribution in [2.24, 2.45) is 5.92 Å². The van der Waals surface area contributed by atoms with E-state index in [2.05, 4.69) is 15.5 Å². The van der Waals surface area contributed by atoms with Gasteiger partial charge in [0.2, 0.25) is 11.8 Å². The summed E-state index contributed by atoms with van der Waals surface area (Å²) in [5, 5.41) is 6.26. The van der Waals surface area contributed by atoms with Crippen molar-refractivity contribution in [2.75, 3.05) is 19.6 Å². The smallest absolute Gasteiger partial charge is 0.226 e. The molecule has 0 aromatic heterocycles. The van der Waals surface area contributed by atoms with Crippen LogP contribution < -0.4 is 10.6 Å². The van der Waals surface area contributed by atoms with Gasteiger partial charge in [0.25, 0.3) is 0 Å². The number of nitrogens with zero attached hydrogens (tertiary/aromatic N) is 1. The number of rotatable bonds is 4. The molecule has 2 saturated heterocycles. The van der Waals surface area contributed by atoms with Crippen molar-refractivity contribution >= 4 is 24.2 Å². The summed E-state index contributed by atoms with van der Waals surface area (Å²) in [4.78, 5) is 26.1. The summed E-state index contributed by atoms with van der Waals surface area (Å²) < 4.78 is 0. The summed E-state index contributed by atoms with van der Waals surface area (Å²) >= 11 is 0. The number of carbonyl (C=O) groups is 2. The number of hydrogen-bond donors (Lipinski definition) is 2. The minimum absolute atomic E-state index is 0. The average Bonchev–Trinajstić information content (AvgIpc) is 3.12. The molecule has 6 heteroatoms. The summed E-state index contributed by atoms with van der Waals surface area (Å²) in [5.74, 6) is 0.154. The Morgan fingerprint density at radius 2 is 2.00 bits per heavy atom. The van der Waals surface area contributed by atoms with Crippen molar-refractivity contribution in [1.82, 2.24) is 15.5 Å². The summed E-state index contributed by atoms with van der Waals surface area (Å²) in [6.07, 6.45) is 5.83. The number of amides is 2. The van der Waals surface area contributed by atoms with Crippen LogP contribution in [0.4, 0.5) is 0 Å². The Kier molecular flexibility index (Phi) is 5.27. The van der Waals surface area contributed by atoms with E-state index in [0.29, 0.717) is 25.0 Å². The largest absolute Gasteiger partial charge is 0.356 e. The lowest BCUT2D eigenvalue weighted by molar-refractivity contribution is -0.140. The molecule has 3 rings (SSSR count). The molecule has 2 aliphatic heterocycles. The molecule has 1 saturated carbocycles. The zero-order chi connectivity index (χ0) is 13.2. The Bertz CT molecular complexity index is 367. The van der Waals surface area contributed by atoms with E-state index in [1.165, 1.54) is 12.8 Å². The average molecular weight is 302 g/mol. The van der Waals surface area contributed by atoms with Gasteiger partial charge in [0, 0.05) is 37.5 Å². The van der Waals surface area contributed by atoms with E-state index in [0.717, 1.165) is 32.4 Å². The first-order chi connectivity index (χ1) is 9.24. The van der Waals surface area contributed by atoms with Crippen LogP contribution in [0.25, 0.3) is 0 Å². The Morgan fingerprint density at radius 1 is 1.20 bits per heavy atom. The van der Waals surface area contributed by atoms with Crippen molar-refractivity contribution in [3.8, 4) is 0 Å². The van der Waals surface area contributed by atoms with E-state index >= 15 is 0 Å². The highest BCUT2D eigenvalue weighted by Gasteiger charge is 2.38. The summed E-state index contributed by atoms with van der Waals surface area (Å²) in [6, 6.07) is 0.904. The van der Waals surface area contributed by atoms with Crippen LogP contribution in [0.15, 0.2) is 0 Å². The van der Waals surface area contributed by atoms with E-state index in [-0.39, 0.29) is 30.1 Å². The molecule has 2 N–H and O–H groups in total. The normalized spacial score (nSPS) is 29.5. The molecular formula is C14H24ClN3O2. The highest BCUT2D eigenvalue weighted by molar-refractivity contribution is 5.87. The highest BCUT2D eigenvalue weighted by Crippen LogP contribution is 2.30. The van der Waals surface area contributed by atoms with Crippen LogP contribution in [0.2, 0.25) is 0 Å². The molecule has 2 amide bonds. The molecule has 20 heavy (non-hydrogen) atoms. The first-order valence-corrected chi connectivity index (χ1v) is 7.54. The monoisotopic (exact) mass is 301 g/mol. The van der Waals surface area contributed by atoms with Crippen LogP contribution in [-0.4, -0.2) is 48.4 Å². The van der Waals surface area contributed by atoms with E-state index in [9.17, 15) is 9.59 Å². The molecule has 2 atom stereocenters. The van der Waals surface area contributed by atoms with Gasteiger partial charge in [-0.25, -0.2) is 0 Å². The van der Waals surface area contributed by atoms with Gasteiger partial charge in [-0.1, -0.05) is 0 Å². The van der Waals surface area contributed by atoms with E-state index in [1.807, 2.05) is 0 Å². The molecule has 3 aliphatic rings. The molecule has 114 valence electrons. The third-order valence-corrected chi connectivity index (χ3v) is 4.45. The Morgan fingerprint density at radius 3 is 2.60 bits per heavy atom. The van der Waals surface area contributed by atoms with Crippen LogP contribution >= 0.6 is 12.4 Å². The van der Waals surface area contributed by atoms with Crippen LogP contribution in [0.3, 0.4) is 0 Å². The Hall–Kier alpha value is -0.810. The minimum atomic E-state index is -0.0873. The van der Waals surface area contributed by atoms with Crippen molar-refractivity contribution in [3.05, 3.63) is 0 Å². The molecule has 1 aliphatic carbocycles. The molecule has 0 bridgehead atoms. The molecule has 0 radical (unpaired) electrons. The van der Waals surface area contributed by atoms with Gasteiger partial charge in [-0.15, -0.1) is 12.4 Å². The third-order valence-electron chi connectivity index (χ3n) is 4.45. The summed E-state index contributed by atoms with van der Waals surface area (Å²) in [7, 11) is 0. The van der Waals surface area contributed by atoms with Gasteiger partial charge >= 0.3 is 0 Å². The maximum Gasteiger partial charge on any atom is 0.226 e. The second kappa shape index (κ2) is 6.76. The predicted octanol–water partition coefficient (Wildman–Crippen LogP) is 0.677. The number of halogens is 1. The van der Waals surface area contributed by atoms with Crippen molar-refractivity contribution in [2.45, 2.75) is 50.6 Å². The Labute approximate surface area is 126 Å². The molecule has 0 aromatic rings. The lowest BCUT2D eigenvalue weighted by Gasteiger charge is -2.31. The number of carbonyl (C=O) groups excluding carboxylic acids is 2. The predicted molar refractivity (Wildman–Crippen MR) is 78.7 cm³/mol.